The lowest BCUT2D eigenvalue weighted by atomic mass is 9.90. The van der Waals surface area contributed by atoms with Gasteiger partial charge in [0.2, 0.25) is 0 Å². The van der Waals surface area contributed by atoms with Crippen molar-refractivity contribution in [2.75, 3.05) is 0 Å². The van der Waals surface area contributed by atoms with Crippen molar-refractivity contribution in [2.45, 2.75) is 19.4 Å². The smallest absolute Gasteiger partial charge is 0.190 e. The maximum absolute atomic E-state index is 11.8. The SMILES string of the molecule is C=C(C(=O)c1ccccc1)C(C)(C)N.Cl. The second-order valence-electron chi connectivity index (χ2n) is 3.90. The van der Waals surface area contributed by atoms with Crippen molar-refractivity contribution in [1.29, 1.82) is 0 Å². The Kier molecular flexibility index (Phi) is 4.72. The molecule has 0 bridgehead atoms. The fourth-order valence-electron chi connectivity index (χ4n) is 1.06. The van der Waals surface area contributed by atoms with Crippen molar-refractivity contribution in [1.82, 2.24) is 0 Å². The topological polar surface area (TPSA) is 43.1 Å². The van der Waals surface area contributed by atoms with Gasteiger partial charge in [-0.1, -0.05) is 36.9 Å². The quantitative estimate of drug-likeness (QED) is 0.635. The Morgan fingerprint density at radius 2 is 1.73 bits per heavy atom. The van der Waals surface area contributed by atoms with Gasteiger partial charge in [-0.2, -0.15) is 0 Å². The lowest BCUT2D eigenvalue weighted by molar-refractivity contribution is 0.102. The molecule has 0 saturated heterocycles. The molecule has 3 heteroatoms. The van der Waals surface area contributed by atoms with E-state index in [1.807, 2.05) is 18.2 Å². The summed E-state index contributed by atoms with van der Waals surface area (Å²) in [6.07, 6.45) is 0. The van der Waals surface area contributed by atoms with Crippen LogP contribution in [0, 0.1) is 0 Å². The van der Waals surface area contributed by atoms with E-state index in [2.05, 4.69) is 6.58 Å². The van der Waals surface area contributed by atoms with Crippen molar-refractivity contribution >= 4 is 18.2 Å². The maximum atomic E-state index is 11.8. The summed E-state index contributed by atoms with van der Waals surface area (Å²) in [6.45, 7) is 7.28. The third kappa shape index (κ3) is 3.50. The number of carbonyl (C=O) groups excluding carboxylic acids is 1. The molecule has 0 atom stereocenters. The van der Waals surface area contributed by atoms with Gasteiger partial charge in [-0.05, 0) is 13.8 Å². The number of carbonyl (C=O) groups is 1. The van der Waals surface area contributed by atoms with Crippen LogP contribution in [0.1, 0.15) is 24.2 Å². The fourth-order valence-corrected chi connectivity index (χ4v) is 1.06. The van der Waals surface area contributed by atoms with Crippen LogP contribution in [-0.2, 0) is 0 Å². The summed E-state index contributed by atoms with van der Waals surface area (Å²) < 4.78 is 0. The Labute approximate surface area is 96.6 Å². The van der Waals surface area contributed by atoms with Crippen LogP contribution in [0.4, 0.5) is 0 Å². The van der Waals surface area contributed by atoms with Gasteiger partial charge in [0.05, 0.1) is 0 Å². The average molecular weight is 226 g/mol. The molecule has 2 N–H and O–H groups in total. The first-order valence-electron chi connectivity index (χ1n) is 4.51. The lowest BCUT2D eigenvalue weighted by Gasteiger charge is -2.20. The molecule has 82 valence electrons. The Bertz CT molecular complexity index is 352. The first-order valence-corrected chi connectivity index (χ1v) is 4.51. The van der Waals surface area contributed by atoms with Gasteiger partial charge in [-0.15, -0.1) is 12.4 Å². The van der Waals surface area contributed by atoms with Crippen LogP contribution < -0.4 is 5.73 Å². The van der Waals surface area contributed by atoms with Crippen LogP contribution in [0.2, 0.25) is 0 Å². The summed E-state index contributed by atoms with van der Waals surface area (Å²) in [5.74, 6) is -0.0851. The van der Waals surface area contributed by atoms with Gasteiger partial charge in [0.1, 0.15) is 0 Å². The molecule has 0 saturated carbocycles. The third-order valence-electron chi connectivity index (χ3n) is 2.09. The molecule has 0 aliphatic rings. The van der Waals surface area contributed by atoms with Crippen molar-refractivity contribution in [3.8, 4) is 0 Å². The highest BCUT2D eigenvalue weighted by molar-refractivity contribution is 6.09. The van der Waals surface area contributed by atoms with E-state index in [0.717, 1.165) is 0 Å². The minimum absolute atomic E-state index is 0. The molecule has 2 nitrogen and oxygen atoms in total. The molecule has 1 rings (SSSR count). The summed E-state index contributed by atoms with van der Waals surface area (Å²) in [6, 6.07) is 9.04. The second kappa shape index (κ2) is 5.10. The summed E-state index contributed by atoms with van der Waals surface area (Å²) in [5.41, 5.74) is 6.21. The van der Waals surface area contributed by atoms with Gasteiger partial charge in [0.15, 0.2) is 5.78 Å². The summed E-state index contributed by atoms with van der Waals surface area (Å²) in [7, 11) is 0. The Hall–Kier alpha value is -1.12. The zero-order chi connectivity index (χ0) is 10.8. The molecule has 0 unspecified atom stereocenters. The van der Waals surface area contributed by atoms with E-state index >= 15 is 0 Å². The molecular weight excluding hydrogens is 210 g/mol. The van der Waals surface area contributed by atoms with Gasteiger partial charge in [0.25, 0.3) is 0 Å². The molecule has 0 aromatic heterocycles. The second-order valence-corrected chi connectivity index (χ2v) is 3.90. The number of hydrogen-bond acceptors (Lipinski definition) is 2. The standard InChI is InChI=1S/C12H15NO.ClH/c1-9(12(2,3)13)11(14)10-7-5-4-6-8-10;/h4-8H,1,13H2,2-3H3;1H. The predicted octanol–water partition coefficient (Wildman–Crippen LogP) is 2.58. The molecule has 1 aromatic rings. The highest BCUT2D eigenvalue weighted by Gasteiger charge is 2.22. The summed E-state index contributed by atoms with van der Waals surface area (Å²) >= 11 is 0. The van der Waals surface area contributed by atoms with Crippen LogP contribution >= 0.6 is 12.4 Å². The van der Waals surface area contributed by atoms with Gasteiger partial charge in [0, 0.05) is 16.7 Å². The molecular formula is C12H16ClNO. The van der Waals surface area contributed by atoms with Gasteiger partial charge >= 0.3 is 0 Å². The van der Waals surface area contributed by atoms with Gasteiger partial charge in [-0.25, -0.2) is 0 Å². The molecule has 1 aromatic carbocycles. The van der Waals surface area contributed by atoms with Gasteiger partial charge in [-0.3, -0.25) is 4.79 Å². The monoisotopic (exact) mass is 225 g/mol. The molecule has 0 spiro atoms. The van der Waals surface area contributed by atoms with E-state index in [1.165, 1.54) is 0 Å². The number of Topliss-reactive ketones (excluding diaryl/α,β-unsaturated/α-hetero) is 1. The fraction of sp³-hybridized carbons (Fsp3) is 0.250. The van der Waals surface area contributed by atoms with Crippen LogP contribution in [0.15, 0.2) is 42.5 Å². The molecule has 0 heterocycles. The zero-order valence-corrected chi connectivity index (χ0v) is 9.80. The first kappa shape index (κ1) is 13.9. The number of rotatable bonds is 3. The first-order chi connectivity index (χ1) is 6.43. The van der Waals surface area contributed by atoms with Crippen molar-refractivity contribution < 1.29 is 4.79 Å². The largest absolute Gasteiger partial charge is 0.322 e. The van der Waals surface area contributed by atoms with E-state index in [4.69, 9.17) is 5.73 Å². The van der Waals surface area contributed by atoms with Crippen LogP contribution in [0.3, 0.4) is 0 Å². The molecule has 0 radical (unpaired) electrons. The van der Waals surface area contributed by atoms with Crippen molar-refractivity contribution in [3.05, 3.63) is 48.0 Å². The lowest BCUT2D eigenvalue weighted by Crippen LogP contribution is -2.37. The molecule has 0 amide bonds. The van der Waals surface area contributed by atoms with Crippen LogP contribution in [0.5, 0.6) is 0 Å². The van der Waals surface area contributed by atoms with Crippen LogP contribution in [0.25, 0.3) is 0 Å². The molecule has 15 heavy (non-hydrogen) atoms. The maximum Gasteiger partial charge on any atom is 0.190 e. The number of benzene rings is 1. The molecule has 0 aliphatic carbocycles. The molecule has 0 aliphatic heterocycles. The average Bonchev–Trinajstić information content (AvgIpc) is 2.15. The van der Waals surface area contributed by atoms with Crippen LogP contribution in [-0.4, -0.2) is 11.3 Å². The number of hydrogen-bond donors (Lipinski definition) is 1. The van der Waals surface area contributed by atoms with E-state index in [-0.39, 0.29) is 18.2 Å². The minimum Gasteiger partial charge on any atom is -0.322 e. The van der Waals surface area contributed by atoms with E-state index in [0.29, 0.717) is 11.1 Å². The predicted molar refractivity (Wildman–Crippen MR) is 65.4 cm³/mol. The number of halogens is 1. The normalized spacial score (nSPS) is 10.3. The van der Waals surface area contributed by atoms with Crippen molar-refractivity contribution in [2.24, 2.45) is 5.73 Å². The van der Waals surface area contributed by atoms with Crippen molar-refractivity contribution in [3.63, 3.8) is 0 Å². The minimum atomic E-state index is -0.660. The Morgan fingerprint density at radius 1 is 1.27 bits per heavy atom. The Balaban J connectivity index is 0.00000196. The van der Waals surface area contributed by atoms with E-state index in [9.17, 15) is 4.79 Å². The highest BCUT2D eigenvalue weighted by atomic mass is 35.5. The van der Waals surface area contributed by atoms with E-state index in [1.54, 1.807) is 26.0 Å². The summed E-state index contributed by atoms with van der Waals surface area (Å²) in [4.78, 5) is 11.8. The third-order valence-corrected chi connectivity index (χ3v) is 2.09. The number of nitrogens with two attached hydrogens (primary N) is 1. The highest BCUT2D eigenvalue weighted by Crippen LogP contribution is 2.16. The summed E-state index contributed by atoms with van der Waals surface area (Å²) in [5, 5.41) is 0. The zero-order valence-electron chi connectivity index (χ0n) is 8.99. The van der Waals surface area contributed by atoms with E-state index < -0.39 is 5.54 Å². The van der Waals surface area contributed by atoms with Gasteiger partial charge < -0.3 is 5.73 Å². The molecule has 0 fully saturated rings. The Morgan fingerprint density at radius 3 is 2.13 bits per heavy atom. The number of ketones is 1.